The van der Waals surface area contributed by atoms with Crippen LogP contribution in [0, 0.1) is 0 Å². The van der Waals surface area contributed by atoms with E-state index in [0.29, 0.717) is 12.6 Å². The fraction of sp³-hybridized carbons (Fsp3) is 0.667. The molecule has 1 saturated carbocycles. The molecule has 0 aromatic heterocycles. The van der Waals surface area contributed by atoms with Crippen LogP contribution in [0.15, 0.2) is 24.3 Å². The third kappa shape index (κ3) is 3.39. The van der Waals surface area contributed by atoms with Crippen LogP contribution < -0.4 is 9.64 Å². The summed E-state index contributed by atoms with van der Waals surface area (Å²) in [5, 5.41) is 10.2. The van der Waals surface area contributed by atoms with Gasteiger partial charge in [-0.2, -0.15) is 0 Å². The Kier molecular flexibility index (Phi) is 5.21. The van der Waals surface area contributed by atoms with Crippen LogP contribution in [-0.2, 0) is 0 Å². The van der Waals surface area contributed by atoms with Crippen LogP contribution in [0.1, 0.15) is 32.6 Å². The van der Waals surface area contributed by atoms with Crippen molar-refractivity contribution in [2.45, 2.75) is 44.8 Å². The van der Waals surface area contributed by atoms with Gasteiger partial charge in [0.2, 0.25) is 0 Å². The van der Waals surface area contributed by atoms with Crippen LogP contribution in [0.2, 0.25) is 0 Å². The van der Waals surface area contributed by atoms with Crippen molar-refractivity contribution >= 4 is 5.69 Å². The van der Waals surface area contributed by atoms with E-state index in [4.69, 9.17) is 4.74 Å². The first-order chi connectivity index (χ1) is 10.8. The zero-order chi connectivity index (χ0) is 15.4. The number of para-hydroxylation sites is 2. The first-order valence-corrected chi connectivity index (χ1v) is 8.68. The first kappa shape index (κ1) is 15.6. The van der Waals surface area contributed by atoms with Crippen molar-refractivity contribution in [1.82, 2.24) is 4.90 Å². The quantitative estimate of drug-likeness (QED) is 0.927. The van der Waals surface area contributed by atoms with Gasteiger partial charge in [0.15, 0.2) is 0 Å². The molecule has 2 unspecified atom stereocenters. The summed E-state index contributed by atoms with van der Waals surface area (Å²) in [6.07, 6.45) is 4.43. The fourth-order valence-corrected chi connectivity index (χ4v) is 3.81. The minimum atomic E-state index is -0.129. The van der Waals surface area contributed by atoms with Crippen LogP contribution >= 0.6 is 0 Å². The lowest BCUT2D eigenvalue weighted by molar-refractivity contribution is 0.0173. The van der Waals surface area contributed by atoms with E-state index in [1.54, 1.807) is 0 Å². The second-order valence-electron chi connectivity index (χ2n) is 6.34. The molecule has 0 spiro atoms. The highest BCUT2D eigenvalue weighted by Crippen LogP contribution is 2.30. The number of nitrogens with zero attached hydrogens (tertiary/aromatic N) is 2. The number of anilines is 1. The highest BCUT2D eigenvalue weighted by molar-refractivity contribution is 5.58. The van der Waals surface area contributed by atoms with Gasteiger partial charge in [-0.1, -0.05) is 25.0 Å². The molecule has 122 valence electrons. The Morgan fingerprint density at radius 2 is 1.82 bits per heavy atom. The lowest BCUT2D eigenvalue weighted by Crippen LogP contribution is -2.54. The molecule has 1 aromatic carbocycles. The molecule has 0 bridgehead atoms. The normalized spacial score (nSPS) is 26.9. The highest BCUT2D eigenvalue weighted by atomic mass is 16.5. The van der Waals surface area contributed by atoms with Crippen molar-refractivity contribution in [2.75, 3.05) is 37.7 Å². The molecule has 0 radical (unpaired) electrons. The molecule has 1 N–H and O–H groups in total. The van der Waals surface area contributed by atoms with Gasteiger partial charge in [-0.05, 0) is 31.9 Å². The van der Waals surface area contributed by atoms with E-state index in [1.165, 1.54) is 18.5 Å². The van der Waals surface area contributed by atoms with Crippen molar-refractivity contribution in [3.63, 3.8) is 0 Å². The molecule has 1 aliphatic heterocycles. The molecular formula is C18H28N2O2. The minimum Gasteiger partial charge on any atom is -0.492 e. The molecule has 1 saturated heterocycles. The van der Waals surface area contributed by atoms with Crippen LogP contribution in [-0.4, -0.2) is 54.9 Å². The number of benzene rings is 1. The fourth-order valence-electron chi connectivity index (χ4n) is 3.81. The molecule has 2 fully saturated rings. The minimum absolute atomic E-state index is 0.129. The summed E-state index contributed by atoms with van der Waals surface area (Å²) in [7, 11) is 0. The molecule has 2 aliphatic rings. The van der Waals surface area contributed by atoms with Gasteiger partial charge in [-0.3, -0.25) is 4.90 Å². The van der Waals surface area contributed by atoms with E-state index < -0.39 is 0 Å². The number of hydrogen-bond donors (Lipinski definition) is 1. The Morgan fingerprint density at radius 1 is 1.09 bits per heavy atom. The third-order valence-corrected chi connectivity index (χ3v) is 4.98. The number of aliphatic hydroxyl groups is 1. The molecular weight excluding hydrogens is 276 g/mol. The Balaban J connectivity index is 1.62. The summed E-state index contributed by atoms with van der Waals surface area (Å²) in [6, 6.07) is 8.68. The monoisotopic (exact) mass is 304 g/mol. The van der Waals surface area contributed by atoms with Gasteiger partial charge >= 0.3 is 0 Å². The number of ether oxygens (including phenoxy) is 1. The summed E-state index contributed by atoms with van der Waals surface area (Å²) in [5.41, 5.74) is 1.20. The van der Waals surface area contributed by atoms with Crippen molar-refractivity contribution in [3.8, 4) is 5.75 Å². The van der Waals surface area contributed by atoms with E-state index >= 15 is 0 Å². The third-order valence-electron chi connectivity index (χ3n) is 4.98. The lowest BCUT2D eigenvalue weighted by Gasteiger charge is -2.43. The summed E-state index contributed by atoms with van der Waals surface area (Å²) < 4.78 is 5.76. The lowest BCUT2D eigenvalue weighted by atomic mass is 9.91. The highest BCUT2D eigenvalue weighted by Gasteiger charge is 2.31. The van der Waals surface area contributed by atoms with E-state index in [0.717, 1.165) is 44.8 Å². The smallest absolute Gasteiger partial charge is 0.142 e. The second-order valence-corrected chi connectivity index (χ2v) is 6.34. The van der Waals surface area contributed by atoms with Crippen LogP contribution in [0.25, 0.3) is 0 Å². The standard InChI is InChI=1S/C18H28N2O2/c1-2-22-18-10-6-4-8-16(18)20-13-11-19(12-14-20)15-7-3-5-9-17(15)21/h4,6,8,10,15,17,21H,2-3,5,7,9,11-14H2,1H3. The largest absolute Gasteiger partial charge is 0.492 e. The Bertz CT molecular complexity index is 472. The Hall–Kier alpha value is -1.26. The van der Waals surface area contributed by atoms with E-state index in [9.17, 15) is 5.11 Å². The molecule has 2 atom stereocenters. The van der Waals surface area contributed by atoms with Gasteiger partial charge in [0, 0.05) is 32.2 Å². The molecule has 4 heteroatoms. The number of aliphatic hydroxyl groups excluding tert-OH is 1. The molecule has 0 amide bonds. The van der Waals surface area contributed by atoms with Gasteiger partial charge in [0.1, 0.15) is 5.75 Å². The predicted molar refractivity (Wildman–Crippen MR) is 89.7 cm³/mol. The Morgan fingerprint density at radius 3 is 2.55 bits per heavy atom. The molecule has 22 heavy (non-hydrogen) atoms. The van der Waals surface area contributed by atoms with Gasteiger partial charge in [-0.15, -0.1) is 0 Å². The van der Waals surface area contributed by atoms with E-state index in [2.05, 4.69) is 28.0 Å². The summed E-state index contributed by atoms with van der Waals surface area (Å²) in [4.78, 5) is 4.90. The average Bonchev–Trinajstić information content (AvgIpc) is 2.56. The number of piperazine rings is 1. The van der Waals surface area contributed by atoms with Crippen LogP contribution in [0.5, 0.6) is 5.75 Å². The molecule has 1 aliphatic carbocycles. The first-order valence-electron chi connectivity index (χ1n) is 8.68. The Labute approximate surface area is 133 Å². The molecule has 1 heterocycles. The van der Waals surface area contributed by atoms with Gasteiger partial charge in [0.25, 0.3) is 0 Å². The van der Waals surface area contributed by atoms with E-state index in [-0.39, 0.29) is 6.10 Å². The van der Waals surface area contributed by atoms with Gasteiger partial charge in [0.05, 0.1) is 18.4 Å². The second kappa shape index (κ2) is 7.34. The van der Waals surface area contributed by atoms with Crippen molar-refractivity contribution < 1.29 is 9.84 Å². The maximum Gasteiger partial charge on any atom is 0.142 e. The SMILES string of the molecule is CCOc1ccccc1N1CCN(C2CCCCC2O)CC1. The predicted octanol–water partition coefficient (Wildman–Crippen LogP) is 2.51. The number of rotatable bonds is 4. The molecule has 4 nitrogen and oxygen atoms in total. The van der Waals surface area contributed by atoms with Gasteiger partial charge in [-0.25, -0.2) is 0 Å². The van der Waals surface area contributed by atoms with Crippen LogP contribution in [0.3, 0.4) is 0 Å². The summed E-state index contributed by atoms with van der Waals surface area (Å²) in [5.74, 6) is 0.983. The van der Waals surface area contributed by atoms with Gasteiger partial charge < -0.3 is 14.7 Å². The van der Waals surface area contributed by atoms with E-state index in [1.807, 2.05) is 13.0 Å². The van der Waals surface area contributed by atoms with Crippen molar-refractivity contribution in [2.24, 2.45) is 0 Å². The average molecular weight is 304 g/mol. The summed E-state index contributed by atoms with van der Waals surface area (Å²) in [6.45, 7) is 6.80. The maximum absolute atomic E-state index is 10.2. The topological polar surface area (TPSA) is 35.9 Å². The van der Waals surface area contributed by atoms with Crippen molar-refractivity contribution in [3.05, 3.63) is 24.3 Å². The molecule has 1 aromatic rings. The summed E-state index contributed by atoms with van der Waals surface area (Å²) >= 11 is 0. The number of hydrogen-bond acceptors (Lipinski definition) is 4. The van der Waals surface area contributed by atoms with Crippen molar-refractivity contribution in [1.29, 1.82) is 0 Å². The zero-order valence-corrected chi connectivity index (χ0v) is 13.6. The van der Waals surface area contributed by atoms with Crippen LogP contribution in [0.4, 0.5) is 5.69 Å². The zero-order valence-electron chi connectivity index (χ0n) is 13.6. The molecule has 3 rings (SSSR count). The maximum atomic E-state index is 10.2.